The van der Waals surface area contributed by atoms with Gasteiger partial charge in [0.25, 0.3) is 0 Å². The molecule has 2 heterocycles. The summed E-state index contributed by atoms with van der Waals surface area (Å²) in [5.74, 6) is 1.42. The van der Waals surface area contributed by atoms with Gasteiger partial charge < -0.3 is 15.2 Å². The molecule has 1 aromatic carbocycles. The normalized spacial score (nSPS) is 15.6. The van der Waals surface area contributed by atoms with E-state index in [-0.39, 0.29) is 0 Å². The number of hydrogen-bond donors (Lipinski definition) is 1. The zero-order valence-corrected chi connectivity index (χ0v) is 12.6. The van der Waals surface area contributed by atoms with Gasteiger partial charge in [0.05, 0.1) is 13.2 Å². The number of hydrogen-bond acceptors (Lipinski definition) is 5. The molecule has 0 amide bonds. The molecular weight excluding hydrogens is 278 g/mol. The van der Waals surface area contributed by atoms with Crippen LogP contribution in [0.4, 0.5) is 5.82 Å². The fraction of sp³-hybridized carbons (Fsp3) is 0.353. The van der Waals surface area contributed by atoms with E-state index in [1.54, 1.807) is 6.20 Å². The van der Waals surface area contributed by atoms with Crippen LogP contribution in [-0.4, -0.2) is 49.3 Å². The fourth-order valence-electron chi connectivity index (χ4n) is 2.44. The lowest BCUT2D eigenvalue weighted by molar-refractivity contribution is 0.0322. The first-order chi connectivity index (χ1) is 10.8. The molecule has 0 saturated carbocycles. The first-order valence-corrected chi connectivity index (χ1v) is 7.56. The first-order valence-electron chi connectivity index (χ1n) is 7.56. The zero-order valence-electron chi connectivity index (χ0n) is 12.6. The van der Waals surface area contributed by atoms with Crippen molar-refractivity contribution in [2.45, 2.75) is 0 Å². The molecule has 0 radical (unpaired) electrons. The van der Waals surface area contributed by atoms with Crippen LogP contribution in [0, 0.1) is 0 Å². The number of morpholine rings is 1. The van der Waals surface area contributed by atoms with E-state index in [0.29, 0.717) is 12.4 Å². The lowest BCUT2D eigenvalue weighted by atomic mass is 10.1. The number of aromatic nitrogens is 1. The quantitative estimate of drug-likeness (QED) is 0.915. The maximum absolute atomic E-state index is 5.80. The van der Waals surface area contributed by atoms with Crippen LogP contribution in [0.5, 0.6) is 5.75 Å². The summed E-state index contributed by atoms with van der Waals surface area (Å²) in [6.07, 6.45) is 1.78. The van der Waals surface area contributed by atoms with Gasteiger partial charge in [-0.3, -0.25) is 4.90 Å². The van der Waals surface area contributed by atoms with Crippen molar-refractivity contribution in [3.63, 3.8) is 0 Å². The highest BCUT2D eigenvalue weighted by Crippen LogP contribution is 2.22. The number of anilines is 1. The number of nitrogen functional groups attached to an aromatic ring is 1. The molecule has 1 aliphatic heterocycles. The molecule has 0 bridgehead atoms. The minimum atomic E-state index is 0.534. The van der Waals surface area contributed by atoms with Gasteiger partial charge in [-0.05, 0) is 29.8 Å². The summed E-state index contributed by atoms with van der Waals surface area (Å²) in [6.45, 7) is 5.27. The predicted molar refractivity (Wildman–Crippen MR) is 86.8 cm³/mol. The summed E-state index contributed by atoms with van der Waals surface area (Å²) in [7, 11) is 0. The molecule has 0 spiro atoms. The van der Waals surface area contributed by atoms with Crippen LogP contribution in [0.3, 0.4) is 0 Å². The van der Waals surface area contributed by atoms with Gasteiger partial charge in [-0.1, -0.05) is 12.1 Å². The molecular formula is C17H21N3O2. The van der Waals surface area contributed by atoms with E-state index in [1.165, 1.54) is 0 Å². The molecule has 22 heavy (non-hydrogen) atoms. The Hall–Kier alpha value is -2.11. The van der Waals surface area contributed by atoms with Gasteiger partial charge in [0.2, 0.25) is 0 Å². The van der Waals surface area contributed by atoms with E-state index in [4.69, 9.17) is 15.2 Å². The summed E-state index contributed by atoms with van der Waals surface area (Å²) in [5, 5.41) is 0. The lowest BCUT2D eigenvalue weighted by Crippen LogP contribution is -2.38. The van der Waals surface area contributed by atoms with Gasteiger partial charge in [0, 0.05) is 31.4 Å². The second-order valence-electron chi connectivity index (χ2n) is 5.30. The Morgan fingerprint density at radius 2 is 1.77 bits per heavy atom. The average molecular weight is 299 g/mol. The second-order valence-corrected chi connectivity index (χ2v) is 5.30. The van der Waals surface area contributed by atoms with Crippen LogP contribution in [0.2, 0.25) is 0 Å². The Kier molecular flexibility index (Phi) is 4.88. The first kappa shape index (κ1) is 14.8. The minimum absolute atomic E-state index is 0.534. The largest absolute Gasteiger partial charge is 0.492 e. The highest BCUT2D eigenvalue weighted by Gasteiger charge is 2.09. The van der Waals surface area contributed by atoms with Gasteiger partial charge in [0.1, 0.15) is 18.2 Å². The lowest BCUT2D eigenvalue weighted by Gasteiger charge is -2.26. The van der Waals surface area contributed by atoms with Crippen molar-refractivity contribution in [2.75, 3.05) is 45.2 Å². The summed E-state index contributed by atoms with van der Waals surface area (Å²) in [4.78, 5) is 6.47. The molecule has 5 nitrogen and oxygen atoms in total. The number of pyridine rings is 1. The van der Waals surface area contributed by atoms with Crippen molar-refractivity contribution in [3.8, 4) is 16.9 Å². The SMILES string of the molecule is Nc1ccc(-c2ccc(OCCN3CCOCC3)cc2)cn1. The third-order valence-electron chi connectivity index (χ3n) is 3.75. The molecule has 0 aliphatic carbocycles. The molecule has 2 N–H and O–H groups in total. The van der Waals surface area contributed by atoms with Gasteiger partial charge in [-0.25, -0.2) is 4.98 Å². The van der Waals surface area contributed by atoms with Crippen molar-refractivity contribution < 1.29 is 9.47 Å². The van der Waals surface area contributed by atoms with E-state index in [0.717, 1.165) is 49.7 Å². The van der Waals surface area contributed by atoms with Gasteiger partial charge >= 0.3 is 0 Å². The molecule has 3 rings (SSSR count). The standard InChI is InChI=1S/C17H21N3O2/c18-17-6-3-15(13-19-17)14-1-4-16(5-2-14)22-12-9-20-7-10-21-11-8-20/h1-6,13H,7-12H2,(H2,18,19). The fourth-order valence-corrected chi connectivity index (χ4v) is 2.44. The summed E-state index contributed by atoms with van der Waals surface area (Å²) >= 11 is 0. The molecule has 116 valence electrons. The van der Waals surface area contributed by atoms with Crippen LogP contribution in [0.15, 0.2) is 42.6 Å². The van der Waals surface area contributed by atoms with Crippen LogP contribution in [-0.2, 0) is 4.74 Å². The van der Waals surface area contributed by atoms with Crippen LogP contribution in [0.1, 0.15) is 0 Å². The van der Waals surface area contributed by atoms with Gasteiger partial charge in [-0.2, -0.15) is 0 Å². The number of nitrogens with zero attached hydrogens (tertiary/aromatic N) is 2. The van der Waals surface area contributed by atoms with Crippen molar-refractivity contribution in [1.82, 2.24) is 9.88 Å². The van der Waals surface area contributed by atoms with Crippen LogP contribution >= 0.6 is 0 Å². The average Bonchev–Trinajstić information content (AvgIpc) is 2.57. The Morgan fingerprint density at radius 3 is 2.45 bits per heavy atom. The molecule has 1 fully saturated rings. The minimum Gasteiger partial charge on any atom is -0.492 e. The second kappa shape index (κ2) is 7.24. The summed E-state index contributed by atoms with van der Waals surface area (Å²) in [5.41, 5.74) is 7.76. The molecule has 1 aliphatic rings. The van der Waals surface area contributed by atoms with Crippen molar-refractivity contribution in [3.05, 3.63) is 42.6 Å². The van der Waals surface area contributed by atoms with E-state index < -0.39 is 0 Å². The molecule has 1 aromatic heterocycles. The Bertz CT molecular complexity index is 578. The number of benzene rings is 1. The van der Waals surface area contributed by atoms with E-state index in [2.05, 4.69) is 9.88 Å². The maximum Gasteiger partial charge on any atom is 0.123 e. The molecule has 1 saturated heterocycles. The van der Waals surface area contributed by atoms with Crippen molar-refractivity contribution in [1.29, 1.82) is 0 Å². The van der Waals surface area contributed by atoms with Crippen molar-refractivity contribution >= 4 is 5.82 Å². The molecule has 0 unspecified atom stereocenters. The van der Waals surface area contributed by atoms with Gasteiger partial charge in [0.15, 0.2) is 0 Å². The summed E-state index contributed by atoms with van der Waals surface area (Å²) < 4.78 is 11.1. The maximum atomic E-state index is 5.80. The Balaban J connectivity index is 1.51. The molecule has 0 atom stereocenters. The number of nitrogens with two attached hydrogens (primary N) is 1. The molecule has 5 heteroatoms. The molecule has 2 aromatic rings. The topological polar surface area (TPSA) is 60.6 Å². The van der Waals surface area contributed by atoms with Crippen LogP contribution < -0.4 is 10.5 Å². The predicted octanol–water partition coefficient (Wildman–Crippen LogP) is 2.04. The van der Waals surface area contributed by atoms with Gasteiger partial charge in [-0.15, -0.1) is 0 Å². The number of ether oxygens (including phenoxy) is 2. The number of rotatable bonds is 5. The zero-order chi connectivity index (χ0) is 15.2. The van der Waals surface area contributed by atoms with E-state index in [1.807, 2.05) is 36.4 Å². The monoisotopic (exact) mass is 299 g/mol. The smallest absolute Gasteiger partial charge is 0.123 e. The van der Waals surface area contributed by atoms with Crippen molar-refractivity contribution in [2.24, 2.45) is 0 Å². The van der Waals surface area contributed by atoms with E-state index >= 15 is 0 Å². The van der Waals surface area contributed by atoms with E-state index in [9.17, 15) is 0 Å². The Labute approximate surface area is 130 Å². The Morgan fingerprint density at radius 1 is 1.05 bits per heavy atom. The summed E-state index contributed by atoms with van der Waals surface area (Å²) in [6, 6.07) is 11.8. The highest BCUT2D eigenvalue weighted by molar-refractivity contribution is 5.64. The third-order valence-corrected chi connectivity index (χ3v) is 3.75. The third kappa shape index (κ3) is 3.96. The highest BCUT2D eigenvalue weighted by atomic mass is 16.5. The van der Waals surface area contributed by atoms with Crippen LogP contribution in [0.25, 0.3) is 11.1 Å².